The molecule has 6 nitrogen and oxygen atoms in total. The number of benzene rings is 1. The standard InChI is InChI=1S/C17H23N3O3/c1-2-3-8-18-11-14(21)12-23-16-7-5-4-6-15(16)13-9-17(22)20-19-10-13/h4-7,9-10,14,18,21H,2-3,8,11-12H2,1H3,(H,20,22). The van der Waals surface area contributed by atoms with E-state index in [2.05, 4.69) is 22.4 Å². The lowest BCUT2D eigenvalue weighted by Crippen LogP contribution is -2.32. The fourth-order valence-electron chi connectivity index (χ4n) is 2.17. The minimum absolute atomic E-state index is 0.187. The number of hydrogen-bond donors (Lipinski definition) is 3. The van der Waals surface area contributed by atoms with Gasteiger partial charge in [0, 0.05) is 23.7 Å². The molecule has 1 aromatic carbocycles. The second-order valence-corrected chi connectivity index (χ2v) is 5.35. The Kier molecular flexibility index (Phi) is 6.77. The van der Waals surface area contributed by atoms with Gasteiger partial charge in [0.2, 0.25) is 0 Å². The summed E-state index contributed by atoms with van der Waals surface area (Å²) in [5.74, 6) is 0.618. The molecule has 1 aromatic heterocycles. The first-order valence-electron chi connectivity index (χ1n) is 7.86. The largest absolute Gasteiger partial charge is 0.490 e. The van der Waals surface area contributed by atoms with E-state index in [0.717, 1.165) is 24.9 Å². The van der Waals surface area contributed by atoms with Gasteiger partial charge in [0.05, 0.1) is 6.20 Å². The lowest BCUT2D eigenvalue weighted by atomic mass is 10.1. The molecule has 1 atom stereocenters. The summed E-state index contributed by atoms with van der Waals surface area (Å²) in [5.41, 5.74) is 1.19. The molecule has 6 heteroatoms. The minimum atomic E-state index is -0.586. The molecule has 3 N–H and O–H groups in total. The van der Waals surface area contributed by atoms with Gasteiger partial charge in [-0.3, -0.25) is 4.79 Å². The van der Waals surface area contributed by atoms with Crippen molar-refractivity contribution >= 4 is 0 Å². The summed E-state index contributed by atoms with van der Waals surface area (Å²) in [6.07, 6.45) is 3.20. The van der Waals surface area contributed by atoms with Crippen LogP contribution in [-0.4, -0.2) is 41.1 Å². The molecule has 2 aromatic rings. The number of aliphatic hydroxyl groups is 1. The highest BCUT2D eigenvalue weighted by molar-refractivity contribution is 5.69. The number of aromatic nitrogens is 2. The molecule has 0 radical (unpaired) electrons. The number of aromatic amines is 1. The zero-order chi connectivity index (χ0) is 16.5. The van der Waals surface area contributed by atoms with Crippen LogP contribution in [-0.2, 0) is 0 Å². The Labute approximate surface area is 135 Å². The summed E-state index contributed by atoms with van der Waals surface area (Å²) in [4.78, 5) is 11.4. The Hall–Kier alpha value is -2.18. The summed E-state index contributed by atoms with van der Waals surface area (Å²) in [6, 6.07) is 8.86. The van der Waals surface area contributed by atoms with E-state index in [9.17, 15) is 9.90 Å². The zero-order valence-electron chi connectivity index (χ0n) is 13.3. The highest BCUT2D eigenvalue weighted by Crippen LogP contribution is 2.28. The Balaban J connectivity index is 1.97. The van der Waals surface area contributed by atoms with Gasteiger partial charge in [-0.15, -0.1) is 0 Å². The third kappa shape index (κ3) is 5.50. The number of H-pyrrole nitrogens is 1. The summed E-state index contributed by atoms with van der Waals surface area (Å²) < 4.78 is 5.72. The molecule has 1 heterocycles. The molecular weight excluding hydrogens is 294 g/mol. The van der Waals surface area contributed by atoms with Crippen molar-refractivity contribution in [1.82, 2.24) is 15.5 Å². The topological polar surface area (TPSA) is 87.2 Å². The predicted octanol–water partition coefficient (Wildman–Crippen LogP) is 1.57. The Bertz CT molecular complexity index is 657. The van der Waals surface area contributed by atoms with E-state index >= 15 is 0 Å². The van der Waals surface area contributed by atoms with E-state index < -0.39 is 6.10 Å². The van der Waals surface area contributed by atoms with Crippen molar-refractivity contribution in [1.29, 1.82) is 0 Å². The number of hydrogen-bond acceptors (Lipinski definition) is 5. The fraction of sp³-hybridized carbons (Fsp3) is 0.412. The molecule has 0 amide bonds. The maximum Gasteiger partial charge on any atom is 0.264 e. The first-order valence-corrected chi connectivity index (χ1v) is 7.86. The van der Waals surface area contributed by atoms with Crippen molar-refractivity contribution in [2.45, 2.75) is 25.9 Å². The van der Waals surface area contributed by atoms with Crippen molar-refractivity contribution in [3.05, 3.63) is 46.9 Å². The molecule has 124 valence electrons. The molecule has 0 saturated carbocycles. The molecule has 0 aliphatic rings. The molecule has 0 bridgehead atoms. The highest BCUT2D eigenvalue weighted by Gasteiger charge is 2.09. The molecule has 23 heavy (non-hydrogen) atoms. The number of nitrogens with zero attached hydrogens (tertiary/aromatic N) is 1. The van der Waals surface area contributed by atoms with E-state index in [0.29, 0.717) is 17.9 Å². The van der Waals surface area contributed by atoms with Crippen molar-refractivity contribution < 1.29 is 9.84 Å². The molecule has 2 rings (SSSR count). The Morgan fingerprint density at radius 1 is 1.39 bits per heavy atom. The maximum absolute atomic E-state index is 11.4. The van der Waals surface area contributed by atoms with Gasteiger partial charge in [0.15, 0.2) is 0 Å². The molecule has 0 aliphatic heterocycles. The predicted molar refractivity (Wildman–Crippen MR) is 89.6 cm³/mol. The van der Waals surface area contributed by atoms with Gasteiger partial charge in [-0.25, -0.2) is 5.10 Å². The quantitative estimate of drug-likeness (QED) is 0.611. The van der Waals surface area contributed by atoms with E-state index in [1.807, 2.05) is 24.3 Å². The third-order valence-corrected chi connectivity index (χ3v) is 3.38. The zero-order valence-corrected chi connectivity index (χ0v) is 13.3. The first-order chi connectivity index (χ1) is 11.2. The number of ether oxygens (including phenoxy) is 1. The number of aliphatic hydroxyl groups excluding tert-OH is 1. The highest BCUT2D eigenvalue weighted by atomic mass is 16.5. The smallest absolute Gasteiger partial charge is 0.264 e. The molecule has 0 saturated heterocycles. The van der Waals surface area contributed by atoms with Crippen molar-refractivity contribution in [3.8, 4) is 16.9 Å². The van der Waals surface area contributed by atoms with Crippen LogP contribution < -0.4 is 15.6 Å². The second-order valence-electron chi connectivity index (χ2n) is 5.35. The SMILES string of the molecule is CCCCNCC(O)COc1ccccc1-c1cn[nH]c(=O)c1. The molecule has 1 unspecified atom stereocenters. The van der Waals surface area contributed by atoms with E-state index in [1.165, 1.54) is 6.07 Å². The Morgan fingerprint density at radius 3 is 3.00 bits per heavy atom. The van der Waals surface area contributed by atoms with Crippen LogP contribution in [0.5, 0.6) is 5.75 Å². The van der Waals surface area contributed by atoms with Crippen LogP contribution in [0.25, 0.3) is 11.1 Å². The average Bonchev–Trinajstić information content (AvgIpc) is 2.57. The normalized spacial score (nSPS) is 12.1. The number of nitrogens with one attached hydrogen (secondary N) is 2. The van der Waals surface area contributed by atoms with Crippen LogP contribution >= 0.6 is 0 Å². The fourth-order valence-corrected chi connectivity index (χ4v) is 2.17. The van der Waals surface area contributed by atoms with Gasteiger partial charge in [0.25, 0.3) is 5.56 Å². The average molecular weight is 317 g/mol. The van der Waals surface area contributed by atoms with E-state index in [1.54, 1.807) is 6.20 Å². The molecular formula is C17H23N3O3. The van der Waals surface area contributed by atoms with Crippen LogP contribution in [0, 0.1) is 0 Å². The van der Waals surface area contributed by atoms with Crippen LogP contribution in [0.2, 0.25) is 0 Å². The summed E-state index contributed by atoms with van der Waals surface area (Å²) in [6.45, 7) is 3.70. The summed E-state index contributed by atoms with van der Waals surface area (Å²) in [5, 5.41) is 19.3. The van der Waals surface area contributed by atoms with Crippen molar-refractivity contribution in [3.63, 3.8) is 0 Å². The van der Waals surface area contributed by atoms with Gasteiger partial charge >= 0.3 is 0 Å². The van der Waals surface area contributed by atoms with Crippen LogP contribution in [0.15, 0.2) is 41.3 Å². The molecule has 0 spiro atoms. The van der Waals surface area contributed by atoms with Gasteiger partial charge in [-0.05, 0) is 19.0 Å². The van der Waals surface area contributed by atoms with Crippen molar-refractivity contribution in [2.24, 2.45) is 0 Å². The minimum Gasteiger partial charge on any atom is -0.490 e. The lowest BCUT2D eigenvalue weighted by molar-refractivity contribution is 0.107. The van der Waals surface area contributed by atoms with Crippen molar-refractivity contribution in [2.75, 3.05) is 19.7 Å². The number of para-hydroxylation sites is 1. The number of rotatable bonds is 9. The lowest BCUT2D eigenvalue weighted by Gasteiger charge is -2.15. The summed E-state index contributed by atoms with van der Waals surface area (Å²) >= 11 is 0. The van der Waals surface area contributed by atoms with Crippen LogP contribution in [0.4, 0.5) is 0 Å². The van der Waals surface area contributed by atoms with Crippen LogP contribution in [0.1, 0.15) is 19.8 Å². The van der Waals surface area contributed by atoms with Crippen LogP contribution in [0.3, 0.4) is 0 Å². The third-order valence-electron chi connectivity index (χ3n) is 3.38. The molecule has 0 fully saturated rings. The Morgan fingerprint density at radius 2 is 2.22 bits per heavy atom. The second kappa shape index (κ2) is 9.07. The maximum atomic E-state index is 11.4. The molecule has 0 aliphatic carbocycles. The van der Waals surface area contributed by atoms with E-state index in [-0.39, 0.29) is 12.2 Å². The summed E-state index contributed by atoms with van der Waals surface area (Å²) in [7, 11) is 0. The van der Waals surface area contributed by atoms with Gasteiger partial charge in [-0.2, -0.15) is 5.10 Å². The number of unbranched alkanes of at least 4 members (excludes halogenated alkanes) is 1. The monoisotopic (exact) mass is 317 g/mol. The van der Waals surface area contributed by atoms with Gasteiger partial charge < -0.3 is 15.2 Å². The first kappa shape index (κ1) is 17.2. The van der Waals surface area contributed by atoms with Gasteiger partial charge in [0.1, 0.15) is 18.5 Å². The van der Waals surface area contributed by atoms with Gasteiger partial charge in [-0.1, -0.05) is 31.5 Å². The van der Waals surface area contributed by atoms with E-state index in [4.69, 9.17) is 4.74 Å².